The van der Waals surface area contributed by atoms with Gasteiger partial charge in [-0.3, -0.25) is 4.79 Å². The molecule has 1 aliphatic heterocycles. The summed E-state index contributed by atoms with van der Waals surface area (Å²) in [5, 5.41) is 6.75. The number of anilines is 1. The number of hydrogen-bond acceptors (Lipinski definition) is 5. The molecule has 0 spiro atoms. The maximum Gasteiger partial charge on any atom is 0.316 e. The number of benzene rings is 1. The highest BCUT2D eigenvalue weighted by atomic mass is 16.5. The number of nitrogens with zero attached hydrogens (tertiary/aromatic N) is 3. The number of amides is 1. The summed E-state index contributed by atoms with van der Waals surface area (Å²) < 4.78 is 5.11. The fourth-order valence-corrected chi connectivity index (χ4v) is 3.07. The highest BCUT2D eigenvalue weighted by Crippen LogP contribution is 2.25. The van der Waals surface area contributed by atoms with E-state index in [1.54, 1.807) is 0 Å². The molecule has 2 aromatic rings. The van der Waals surface area contributed by atoms with Gasteiger partial charge >= 0.3 is 11.8 Å². The molecule has 0 aliphatic carbocycles. The van der Waals surface area contributed by atoms with Gasteiger partial charge in [0.15, 0.2) is 0 Å². The predicted molar refractivity (Wildman–Crippen MR) is 102 cm³/mol. The first kappa shape index (κ1) is 18.4. The third-order valence-corrected chi connectivity index (χ3v) is 4.90. The smallest absolute Gasteiger partial charge is 0.316 e. The minimum atomic E-state index is -0.316. The second kappa shape index (κ2) is 8.34. The Labute approximate surface area is 155 Å². The molecule has 1 fully saturated rings. The van der Waals surface area contributed by atoms with Gasteiger partial charge in [-0.15, -0.1) is 0 Å². The van der Waals surface area contributed by atoms with Crippen LogP contribution >= 0.6 is 0 Å². The highest BCUT2D eigenvalue weighted by Gasteiger charge is 2.18. The van der Waals surface area contributed by atoms with Crippen LogP contribution in [0.3, 0.4) is 0 Å². The Balaban J connectivity index is 1.61. The molecule has 0 saturated carbocycles. The zero-order valence-electron chi connectivity index (χ0n) is 15.9. The quantitative estimate of drug-likeness (QED) is 0.853. The van der Waals surface area contributed by atoms with Crippen molar-refractivity contribution in [2.24, 2.45) is 11.8 Å². The van der Waals surface area contributed by atoms with Crippen LogP contribution in [0, 0.1) is 11.8 Å². The fraction of sp³-hybridized carbons (Fsp3) is 0.550. The Hall–Kier alpha value is -2.37. The maximum absolute atomic E-state index is 12.0. The van der Waals surface area contributed by atoms with E-state index in [-0.39, 0.29) is 11.8 Å². The summed E-state index contributed by atoms with van der Waals surface area (Å²) in [5.74, 6) is 1.49. The SMILES string of the molecule is CC(C)CCNC(=O)c1nc(-c2ccc(N3CCC(C)CC3)cc2)no1. The molecule has 0 unspecified atom stereocenters. The van der Waals surface area contributed by atoms with Gasteiger partial charge in [0.2, 0.25) is 5.82 Å². The molecule has 3 rings (SSSR count). The molecule has 1 aromatic heterocycles. The lowest BCUT2D eigenvalue weighted by molar-refractivity contribution is 0.0908. The van der Waals surface area contributed by atoms with Crippen LogP contribution in [0.25, 0.3) is 11.4 Å². The van der Waals surface area contributed by atoms with Crippen molar-refractivity contribution in [1.29, 1.82) is 0 Å². The monoisotopic (exact) mass is 356 g/mol. The van der Waals surface area contributed by atoms with Crippen molar-refractivity contribution in [2.45, 2.75) is 40.0 Å². The molecule has 6 nitrogen and oxygen atoms in total. The molecular formula is C20H28N4O2. The minimum Gasteiger partial charge on any atom is -0.372 e. The number of aromatic nitrogens is 2. The first-order valence-electron chi connectivity index (χ1n) is 9.50. The maximum atomic E-state index is 12.0. The molecule has 1 saturated heterocycles. The van der Waals surface area contributed by atoms with E-state index < -0.39 is 0 Å². The van der Waals surface area contributed by atoms with Crippen LogP contribution in [0.5, 0.6) is 0 Å². The van der Waals surface area contributed by atoms with Crippen LogP contribution in [0.1, 0.15) is 50.7 Å². The molecule has 1 aliphatic rings. The van der Waals surface area contributed by atoms with Crippen molar-refractivity contribution in [1.82, 2.24) is 15.5 Å². The van der Waals surface area contributed by atoms with Crippen LogP contribution in [-0.2, 0) is 0 Å². The van der Waals surface area contributed by atoms with Gasteiger partial charge in [-0.1, -0.05) is 25.9 Å². The van der Waals surface area contributed by atoms with E-state index in [0.717, 1.165) is 31.0 Å². The first-order valence-corrected chi connectivity index (χ1v) is 9.50. The fourth-order valence-electron chi connectivity index (χ4n) is 3.07. The summed E-state index contributed by atoms with van der Waals surface area (Å²) in [5.41, 5.74) is 2.07. The Morgan fingerprint density at radius 3 is 2.62 bits per heavy atom. The van der Waals surface area contributed by atoms with Gasteiger partial charge in [0.25, 0.3) is 0 Å². The summed E-state index contributed by atoms with van der Waals surface area (Å²) >= 11 is 0. The molecular weight excluding hydrogens is 328 g/mol. The van der Waals surface area contributed by atoms with Crippen LogP contribution in [0.4, 0.5) is 5.69 Å². The lowest BCUT2D eigenvalue weighted by atomic mass is 9.98. The standard InChI is InChI=1S/C20H28N4O2/c1-14(2)8-11-21-19(25)20-22-18(23-26-20)16-4-6-17(7-5-16)24-12-9-15(3)10-13-24/h4-7,14-15H,8-13H2,1-3H3,(H,21,25). The molecule has 6 heteroatoms. The number of hydrogen-bond donors (Lipinski definition) is 1. The molecule has 1 amide bonds. The van der Waals surface area contributed by atoms with Gasteiger partial charge in [-0.25, -0.2) is 0 Å². The lowest BCUT2D eigenvalue weighted by Crippen LogP contribution is -2.32. The van der Waals surface area contributed by atoms with E-state index in [0.29, 0.717) is 18.3 Å². The minimum absolute atomic E-state index is 0.0119. The van der Waals surface area contributed by atoms with Crippen molar-refractivity contribution in [3.63, 3.8) is 0 Å². The largest absolute Gasteiger partial charge is 0.372 e. The van der Waals surface area contributed by atoms with Gasteiger partial charge in [-0.2, -0.15) is 4.98 Å². The zero-order chi connectivity index (χ0) is 18.5. The number of carbonyl (C=O) groups excluding carboxylic acids is 1. The van der Waals surface area contributed by atoms with Gasteiger partial charge in [0, 0.05) is 30.9 Å². The third kappa shape index (κ3) is 4.62. The molecule has 0 atom stereocenters. The van der Waals surface area contributed by atoms with Gasteiger partial charge in [-0.05, 0) is 55.4 Å². The number of nitrogens with one attached hydrogen (secondary N) is 1. The molecule has 0 radical (unpaired) electrons. The van der Waals surface area contributed by atoms with E-state index >= 15 is 0 Å². The number of rotatable bonds is 6. The second-order valence-corrected chi connectivity index (χ2v) is 7.58. The Morgan fingerprint density at radius 1 is 1.27 bits per heavy atom. The van der Waals surface area contributed by atoms with Crippen molar-refractivity contribution in [3.05, 3.63) is 30.2 Å². The van der Waals surface area contributed by atoms with E-state index in [2.05, 4.69) is 53.3 Å². The average Bonchev–Trinajstić information content (AvgIpc) is 3.12. The van der Waals surface area contributed by atoms with Crippen molar-refractivity contribution < 1.29 is 9.32 Å². The van der Waals surface area contributed by atoms with Crippen LogP contribution < -0.4 is 10.2 Å². The van der Waals surface area contributed by atoms with Gasteiger partial charge in [0.1, 0.15) is 0 Å². The van der Waals surface area contributed by atoms with E-state index in [1.165, 1.54) is 18.5 Å². The first-order chi connectivity index (χ1) is 12.5. The third-order valence-electron chi connectivity index (χ3n) is 4.90. The summed E-state index contributed by atoms with van der Waals surface area (Å²) in [6.45, 7) is 9.35. The summed E-state index contributed by atoms with van der Waals surface area (Å²) in [4.78, 5) is 18.7. The Bertz CT molecular complexity index is 716. The molecule has 140 valence electrons. The normalized spacial score (nSPS) is 15.5. The summed E-state index contributed by atoms with van der Waals surface area (Å²) in [6.07, 6.45) is 3.40. The van der Waals surface area contributed by atoms with Crippen molar-refractivity contribution >= 4 is 11.6 Å². The highest BCUT2D eigenvalue weighted by molar-refractivity contribution is 5.89. The van der Waals surface area contributed by atoms with Crippen LogP contribution in [0.2, 0.25) is 0 Å². The van der Waals surface area contributed by atoms with Gasteiger partial charge in [0.05, 0.1) is 0 Å². The van der Waals surface area contributed by atoms with Crippen molar-refractivity contribution in [2.75, 3.05) is 24.5 Å². The summed E-state index contributed by atoms with van der Waals surface area (Å²) in [7, 11) is 0. The number of carbonyl (C=O) groups is 1. The van der Waals surface area contributed by atoms with E-state index in [1.807, 2.05) is 12.1 Å². The van der Waals surface area contributed by atoms with Crippen LogP contribution in [-0.4, -0.2) is 35.7 Å². The van der Waals surface area contributed by atoms with Crippen LogP contribution in [0.15, 0.2) is 28.8 Å². The molecule has 26 heavy (non-hydrogen) atoms. The molecule has 1 aromatic carbocycles. The van der Waals surface area contributed by atoms with Gasteiger partial charge < -0.3 is 14.7 Å². The number of piperidine rings is 1. The zero-order valence-corrected chi connectivity index (χ0v) is 15.9. The molecule has 2 heterocycles. The molecule has 0 bridgehead atoms. The van der Waals surface area contributed by atoms with E-state index in [4.69, 9.17) is 4.52 Å². The second-order valence-electron chi connectivity index (χ2n) is 7.58. The van der Waals surface area contributed by atoms with E-state index in [9.17, 15) is 4.79 Å². The molecule has 1 N–H and O–H groups in total. The Kier molecular flexibility index (Phi) is 5.91. The summed E-state index contributed by atoms with van der Waals surface area (Å²) in [6, 6.07) is 8.14. The lowest BCUT2D eigenvalue weighted by Gasteiger charge is -2.32. The van der Waals surface area contributed by atoms with Crippen molar-refractivity contribution in [3.8, 4) is 11.4 Å². The average molecular weight is 356 g/mol. The predicted octanol–water partition coefficient (Wildman–Crippen LogP) is 3.75. The Morgan fingerprint density at radius 2 is 1.96 bits per heavy atom. The topological polar surface area (TPSA) is 71.3 Å².